The van der Waals surface area contributed by atoms with Gasteiger partial charge in [-0.3, -0.25) is 9.59 Å². The Bertz CT molecular complexity index is 772. The fraction of sp³-hybridized carbons (Fsp3) is 0.381. The molecule has 2 aromatic rings. The Balaban J connectivity index is 2.00. The van der Waals surface area contributed by atoms with Gasteiger partial charge in [0.1, 0.15) is 5.82 Å². The zero-order chi connectivity index (χ0) is 19.9. The summed E-state index contributed by atoms with van der Waals surface area (Å²) < 4.78 is 0. The first kappa shape index (κ1) is 21.0. The van der Waals surface area contributed by atoms with Crippen molar-refractivity contribution in [3.8, 4) is 0 Å². The Hall–Kier alpha value is -2.34. The average molecular weight is 386 g/mol. The second-order valence-electron chi connectivity index (χ2n) is 7.53. The Morgan fingerprint density at radius 1 is 1.11 bits per heavy atom. The summed E-state index contributed by atoms with van der Waals surface area (Å²) in [6.07, 6.45) is 2.78. The van der Waals surface area contributed by atoms with Gasteiger partial charge in [-0.15, -0.1) is 11.8 Å². The highest BCUT2D eigenvalue weighted by Crippen LogP contribution is 2.29. The van der Waals surface area contributed by atoms with Crippen molar-refractivity contribution in [3.63, 3.8) is 0 Å². The third-order valence-corrected chi connectivity index (χ3v) is 5.02. The largest absolute Gasteiger partial charge is 0.326 e. The number of thioether (sulfide) groups is 1. The molecule has 0 saturated carbocycles. The maximum Gasteiger partial charge on any atom is 0.239 e. The summed E-state index contributed by atoms with van der Waals surface area (Å²) in [6.45, 7) is 8.07. The third kappa shape index (κ3) is 7.43. The van der Waals surface area contributed by atoms with E-state index in [9.17, 15) is 9.59 Å². The number of carbonyl (C=O) groups is 2. The van der Waals surface area contributed by atoms with Crippen molar-refractivity contribution in [1.29, 1.82) is 0 Å². The van der Waals surface area contributed by atoms with E-state index in [1.807, 2.05) is 58.0 Å². The molecule has 1 unspecified atom stereocenters. The zero-order valence-corrected chi connectivity index (χ0v) is 17.1. The van der Waals surface area contributed by atoms with Crippen molar-refractivity contribution in [2.45, 2.75) is 50.7 Å². The first-order valence-corrected chi connectivity index (χ1v) is 9.93. The summed E-state index contributed by atoms with van der Waals surface area (Å²) in [5.74, 6) is 0.456. The van der Waals surface area contributed by atoms with E-state index in [2.05, 4.69) is 15.6 Å². The molecule has 1 aromatic heterocycles. The molecular formula is C21H27N3O2S. The summed E-state index contributed by atoms with van der Waals surface area (Å²) >= 11 is 1.48. The molecule has 0 aliphatic rings. The monoisotopic (exact) mass is 385 g/mol. The number of rotatable bonds is 7. The van der Waals surface area contributed by atoms with Gasteiger partial charge in [-0.1, -0.05) is 39.8 Å². The van der Waals surface area contributed by atoms with Crippen molar-refractivity contribution >= 4 is 35.1 Å². The normalized spacial score (nSPS) is 12.3. The number of pyridine rings is 1. The second kappa shape index (κ2) is 9.55. The summed E-state index contributed by atoms with van der Waals surface area (Å²) in [7, 11) is 0. The molecule has 2 N–H and O–H groups in total. The lowest BCUT2D eigenvalue weighted by Gasteiger charge is -2.18. The number of hydrogen-bond donors (Lipinski definition) is 2. The molecule has 1 heterocycles. The highest BCUT2D eigenvalue weighted by atomic mass is 32.2. The predicted octanol–water partition coefficient (Wildman–Crippen LogP) is 4.97. The molecule has 27 heavy (non-hydrogen) atoms. The maximum absolute atomic E-state index is 12.5. The number of aromatic nitrogens is 1. The van der Waals surface area contributed by atoms with Gasteiger partial charge in [-0.2, -0.15) is 0 Å². The van der Waals surface area contributed by atoms with Crippen LogP contribution in [0.25, 0.3) is 0 Å². The minimum Gasteiger partial charge on any atom is -0.326 e. The van der Waals surface area contributed by atoms with Crippen LogP contribution in [-0.4, -0.2) is 22.0 Å². The maximum atomic E-state index is 12.5. The van der Waals surface area contributed by atoms with Crippen molar-refractivity contribution in [2.75, 3.05) is 10.6 Å². The number of hydrogen-bond acceptors (Lipinski definition) is 4. The van der Waals surface area contributed by atoms with Gasteiger partial charge < -0.3 is 10.6 Å². The SMILES string of the molecule is CCC(Sc1cccc(NC(=O)CC(C)(C)C)c1)C(=O)Nc1ccccn1. The first-order chi connectivity index (χ1) is 12.8. The number of anilines is 2. The van der Waals surface area contributed by atoms with E-state index in [0.717, 1.165) is 10.6 Å². The van der Waals surface area contributed by atoms with E-state index >= 15 is 0 Å². The molecule has 0 radical (unpaired) electrons. The molecule has 0 fully saturated rings. The van der Waals surface area contributed by atoms with Gasteiger partial charge in [0.15, 0.2) is 0 Å². The molecule has 2 amide bonds. The van der Waals surface area contributed by atoms with Gasteiger partial charge >= 0.3 is 0 Å². The molecule has 0 bridgehead atoms. The molecule has 0 aliphatic heterocycles. The molecule has 5 nitrogen and oxygen atoms in total. The fourth-order valence-electron chi connectivity index (χ4n) is 2.46. The van der Waals surface area contributed by atoms with Gasteiger partial charge in [0.05, 0.1) is 5.25 Å². The summed E-state index contributed by atoms with van der Waals surface area (Å²) in [5, 5.41) is 5.54. The van der Waals surface area contributed by atoms with Gasteiger partial charge in [0.25, 0.3) is 0 Å². The number of amides is 2. The Kier molecular flexibility index (Phi) is 7.42. The van der Waals surface area contributed by atoms with Gasteiger partial charge in [0.2, 0.25) is 11.8 Å². The van der Waals surface area contributed by atoms with Crippen LogP contribution in [0.15, 0.2) is 53.6 Å². The molecule has 2 rings (SSSR count). The van der Waals surface area contributed by atoms with Crippen LogP contribution in [0.2, 0.25) is 0 Å². The highest BCUT2D eigenvalue weighted by molar-refractivity contribution is 8.00. The molecule has 0 spiro atoms. The van der Waals surface area contributed by atoms with Crippen molar-refractivity contribution in [2.24, 2.45) is 5.41 Å². The van der Waals surface area contributed by atoms with E-state index in [-0.39, 0.29) is 22.5 Å². The topological polar surface area (TPSA) is 71.1 Å². The minimum absolute atomic E-state index is 0.00964. The molecule has 1 atom stereocenters. The quantitative estimate of drug-likeness (QED) is 0.661. The molecule has 6 heteroatoms. The van der Waals surface area contributed by atoms with Crippen LogP contribution in [0.1, 0.15) is 40.5 Å². The standard InChI is InChI=1S/C21H27N3O2S/c1-5-17(20(26)24-18-11-6-7-12-22-18)27-16-10-8-9-15(13-16)23-19(25)14-21(2,3)4/h6-13,17H,5,14H2,1-4H3,(H,23,25)(H,22,24,26). The molecule has 1 aromatic carbocycles. The summed E-state index contributed by atoms with van der Waals surface area (Å²) in [6, 6.07) is 13.0. The first-order valence-electron chi connectivity index (χ1n) is 9.05. The summed E-state index contributed by atoms with van der Waals surface area (Å²) in [5.41, 5.74) is 0.682. The van der Waals surface area contributed by atoms with Gasteiger partial charge in [-0.05, 0) is 42.2 Å². The lowest BCUT2D eigenvalue weighted by Crippen LogP contribution is -2.25. The highest BCUT2D eigenvalue weighted by Gasteiger charge is 2.19. The number of nitrogens with zero attached hydrogens (tertiary/aromatic N) is 1. The van der Waals surface area contributed by atoms with Crippen molar-refractivity contribution in [3.05, 3.63) is 48.7 Å². The molecule has 0 aliphatic carbocycles. The van der Waals surface area contributed by atoms with Crippen LogP contribution in [0, 0.1) is 5.41 Å². The van der Waals surface area contributed by atoms with Crippen LogP contribution in [0.5, 0.6) is 0 Å². The van der Waals surface area contributed by atoms with E-state index < -0.39 is 0 Å². The van der Waals surface area contributed by atoms with Crippen LogP contribution in [0.3, 0.4) is 0 Å². The van der Waals surface area contributed by atoms with E-state index in [1.165, 1.54) is 11.8 Å². The number of nitrogens with one attached hydrogen (secondary N) is 2. The summed E-state index contributed by atoms with van der Waals surface area (Å²) in [4.78, 5) is 29.7. The number of benzene rings is 1. The van der Waals surface area contributed by atoms with Gasteiger partial charge in [-0.25, -0.2) is 4.98 Å². The van der Waals surface area contributed by atoms with Crippen molar-refractivity contribution < 1.29 is 9.59 Å². The predicted molar refractivity (Wildman–Crippen MR) is 112 cm³/mol. The third-order valence-electron chi connectivity index (χ3n) is 3.67. The smallest absolute Gasteiger partial charge is 0.239 e. The average Bonchev–Trinajstić information content (AvgIpc) is 2.59. The van der Waals surface area contributed by atoms with Crippen LogP contribution >= 0.6 is 11.8 Å². The Labute approximate surface area is 165 Å². The zero-order valence-electron chi connectivity index (χ0n) is 16.3. The van der Waals surface area contributed by atoms with Crippen LogP contribution in [-0.2, 0) is 9.59 Å². The fourth-order valence-corrected chi connectivity index (χ4v) is 3.48. The Morgan fingerprint density at radius 2 is 1.89 bits per heavy atom. The molecule has 144 valence electrons. The number of carbonyl (C=O) groups excluding carboxylic acids is 2. The van der Waals surface area contributed by atoms with Crippen LogP contribution < -0.4 is 10.6 Å². The lowest BCUT2D eigenvalue weighted by molar-refractivity contribution is -0.118. The van der Waals surface area contributed by atoms with E-state index in [0.29, 0.717) is 18.7 Å². The Morgan fingerprint density at radius 3 is 2.52 bits per heavy atom. The van der Waals surface area contributed by atoms with Crippen molar-refractivity contribution in [1.82, 2.24) is 4.98 Å². The lowest BCUT2D eigenvalue weighted by atomic mass is 9.92. The van der Waals surface area contributed by atoms with E-state index in [4.69, 9.17) is 0 Å². The molecule has 0 saturated heterocycles. The van der Waals surface area contributed by atoms with Crippen LogP contribution in [0.4, 0.5) is 11.5 Å². The van der Waals surface area contributed by atoms with Gasteiger partial charge in [0, 0.05) is 23.2 Å². The van der Waals surface area contributed by atoms with E-state index in [1.54, 1.807) is 18.3 Å². The second-order valence-corrected chi connectivity index (χ2v) is 8.81. The molecular weight excluding hydrogens is 358 g/mol. The minimum atomic E-state index is -0.243.